The van der Waals surface area contributed by atoms with Crippen molar-refractivity contribution >= 4 is 34.9 Å². The van der Waals surface area contributed by atoms with Gasteiger partial charge in [0.25, 0.3) is 5.69 Å². The van der Waals surface area contributed by atoms with E-state index in [0.717, 1.165) is 37.2 Å². The SMILES string of the molecule is C/C(=N\Nc1nc(Nc2ccccc2)nc(N2CCCC2)n1)c1ccc([N+](=O)[O-])cc1. The number of hydrogen-bond donors (Lipinski definition) is 2. The molecule has 4 rings (SSSR count). The fraction of sp³-hybridized carbons (Fsp3) is 0.238. The number of nitrogens with zero attached hydrogens (tertiary/aromatic N) is 6. The molecule has 2 aromatic carbocycles. The lowest BCUT2D eigenvalue weighted by Gasteiger charge is -2.16. The highest BCUT2D eigenvalue weighted by atomic mass is 16.6. The average Bonchev–Trinajstić information content (AvgIpc) is 3.33. The van der Waals surface area contributed by atoms with E-state index in [1.165, 1.54) is 12.1 Å². The third-order valence-corrected chi connectivity index (χ3v) is 4.86. The zero-order valence-electron chi connectivity index (χ0n) is 17.0. The first kappa shape index (κ1) is 20.2. The second kappa shape index (κ2) is 9.16. The maximum absolute atomic E-state index is 10.8. The summed E-state index contributed by atoms with van der Waals surface area (Å²) in [4.78, 5) is 26.0. The van der Waals surface area contributed by atoms with E-state index in [2.05, 4.69) is 35.7 Å². The van der Waals surface area contributed by atoms with E-state index in [1.54, 1.807) is 19.1 Å². The Labute approximate surface area is 179 Å². The summed E-state index contributed by atoms with van der Waals surface area (Å²) in [5, 5.41) is 18.4. The van der Waals surface area contributed by atoms with Crippen molar-refractivity contribution in [2.45, 2.75) is 19.8 Å². The van der Waals surface area contributed by atoms with Gasteiger partial charge in [-0.15, -0.1) is 0 Å². The lowest BCUT2D eigenvalue weighted by atomic mass is 10.1. The predicted molar refractivity (Wildman–Crippen MR) is 120 cm³/mol. The molecule has 158 valence electrons. The monoisotopic (exact) mass is 418 g/mol. The van der Waals surface area contributed by atoms with Gasteiger partial charge in [0.2, 0.25) is 17.8 Å². The van der Waals surface area contributed by atoms with Crippen molar-refractivity contribution in [2.24, 2.45) is 5.10 Å². The molecule has 2 N–H and O–H groups in total. The molecule has 0 aliphatic carbocycles. The maximum atomic E-state index is 10.8. The van der Waals surface area contributed by atoms with Crippen LogP contribution in [-0.4, -0.2) is 38.7 Å². The van der Waals surface area contributed by atoms with E-state index in [-0.39, 0.29) is 5.69 Å². The summed E-state index contributed by atoms with van der Waals surface area (Å²) in [6.45, 7) is 3.61. The molecule has 1 aliphatic rings. The Morgan fingerprint density at radius 3 is 2.35 bits per heavy atom. The van der Waals surface area contributed by atoms with E-state index in [4.69, 9.17) is 0 Å². The highest BCUT2D eigenvalue weighted by Gasteiger charge is 2.17. The highest BCUT2D eigenvalue weighted by Crippen LogP contribution is 2.21. The van der Waals surface area contributed by atoms with Crippen LogP contribution in [0.25, 0.3) is 0 Å². The first-order valence-corrected chi connectivity index (χ1v) is 9.97. The van der Waals surface area contributed by atoms with Gasteiger partial charge in [0.1, 0.15) is 0 Å². The van der Waals surface area contributed by atoms with Crippen molar-refractivity contribution in [1.29, 1.82) is 0 Å². The molecule has 10 heteroatoms. The van der Waals surface area contributed by atoms with Crippen LogP contribution in [0, 0.1) is 10.1 Å². The molecule has 31 heavy (non-hydrogen) atoms. The van der Waals surface area contributed by atoms with Gasteiger partial charge in [0, 0.05) is 30.9 Å². The summed E-state index contributed by atoms with van der Waals surface area (Å²) >= 11 is 0. The van der Waals surface area contributed by atoms with E-state index in [9.17, 15) is 10.1 Å². The number of nitro groups is 1. The second-order valence-electron chi connectivity index (χ2n) is 7.08. The van der Waals surface area contributed by atoms with Crippen LogP contribution < -0.4 is 15.6 Å². The minimum absolute atomic E-state index is 0.0360. The van der Waals surface area contributed by atoms with Gasteiger partial charge in [-0.05, 0) is 49.6 Å². The number of rotatable bonds is 7. The molecule has 1 saturated heterocycles. The fourth-order valence-corrected chi connectivity index (χ4v) is 3.20. The summed E-state index contributed by atoms with van der Waals surface area (Å²) in [6.07, 6.45) is 2.21. The summed E-state index contributed by atoms with van der Waals surface area (Å²) in [5.41, 5.74) is 5.21. The standard InChI is InChI=1S/C21H22N8O2/c1-15(16-9-11-18(12-10-16)29(30)31)26-27-20-23-19(22-17-7-3-2-4-8-17)24-21(25-20)28-13-5-6-14-28/h2-4,7-12H,5-6,13-14H2,1H3,(H2,22,23,24,25,27)/b26-15+. The lowest BCUT2D eigenvalue weighted by Crippen LogP contribution is -2.22. The van der Waals surface area contributed by atoms with Gasteiger partial charge >= 0.3 is 0 Å². The normalized spacial score (nSPS) is 13.8. The van der Waals surface area contributed by atoms with Gasteiger partial charge in [-0.25, -0.2) is 5.43 Å². The zero-order chi connectivity index (χ0) is 21.6. The molecule has 10 nitrogen and oxygen atoms in total. The van der Waals surface area contributed by atoms with Gasteiger partial charge in [0.05, 0.1) is 10.6 Å². The average molecular weight is 418 g/mol. The minimum Gasteiger partial charge on any atom is -0.341 e. The number of aromatic nitrogens is 3. The molecule has 0 unspecified atom stereocenters. The second-order valence-corrected chi connectivity index (χ2v) is 7.08. The Balaban J connectivity index is 1.57. The molecular weight excluding hydrogens is 396 g/mol. The Kier molecular flexibility index (Phi) is 5.97. The molecule has 1 aliphatic heterocycles. The molecule has 0 bridgehead atoms. The van der Waals surface area contributed by atoms with Crippen LogP contribution in [0.3, 0.4) is 0 Å². The number of anilines is 4. The molecule has 1 fully saturated rings. The number of benzene rings is 2. The number of nitrogens with one attached hydrogen (secondary N) is 2. The highest BCUT2D eigenvalue weighted by molar-refractivity contribution is 5.99. The lowest BCUT2D eigenvalue weighted by molar-refractivity contribution is -0.384. The van der Waals surface area contributed by atoms with E-state index in [0.29, 0.717) is 23.6 Å². The van der Waals surface area contributed by atoms with Crippen LogP contribution >= 0.6 is 0 Å². The number of hydrazone groups is 1. The fourth-order valence-electron chi connectivity index (χ4n) is 3.20. The molecule has 0 spiro atoms. The maximum Gasteiger partial charge on any atom is 0.269 e. The minimum atomic E-state index is -0.430. The summed E-state index contributed by atoms with van der Waals surface area (Å²) < 4.78 is 0. The van der Waals surface area contributed by atoms with Crippen LogP contribution in [0.1, 0.15) is 25.3 Å². The van der Waals surface area contributed by atoms with Gasteiger partial charge in [0.15, 0.2) is 0 Å². The van der Waals surface area contributed by atoms with Gasteiger partial charge in [-0.3, -0.25) is 10.1 Å². The topological polar surface area (TPSA) is 121 Å². The molecule has 3 aromatic rings. The predicted octanol–water partition coefficient (Wildman–Crippen LogP) is 3.96. The van der Waals surface area contributed by atoms with Crippen molar-refractivity contribution < 1.29 is 4.92 Å². The Morgan fingerprint density at radius 1 is 1.00 bits per heavy atom. The van der Waals surface area contributed by atoms with Gasteiger partial charge in [-0.2, -0.15) is 20.1 Å². The van der Waals surface area contributed by atoms with Crippen LogP contribution in [0.4, 0.5) is 29.2 Å². The Bertz CT molecular complexity index is 1080. The van der Waals surface area contributed by atoms with Gasteiger partial charge < -0.3 is 10.2 Å². The number of nitro benzene ring substituents is 1. The molecule has 0 amide bonds. The summed E-state index contributed by atoms with van der Waals surface area (Å²) in [5.74, 6) is 1.34. The molecular formula is C21H22N8O2. The quantitative estimate of drug-likeness (QED) is 0.336. The number of para-hydroxylation sites is 1. The number of non-ortho nitro benzene ring substituents is 1. The van der Waals surface area contributed by atoms with Crippen LogP contribution in [-0.2, 0) is 0 Å². The molecule has 0 atom stereocenters. The van der Waals surface area contributed by atoms with E-state index >= 15 is 0 Å². The van der Waals surface area contributed by atoms with Crippen molar-refractivity contribution in [3.63, 3.8) is 0 Å². The van der Waals surface area contributed by atoms with Crippen LogP contribution in [0.15, 0.2) is 59.7 Å². The van der Waals surface area contributed by atoms with E-state index in [1.807, 2.05) is 30.3 Å². The first-order valence-electron chi connectivity index (χ1n) is 9.97. The first-order chi connectivity index (χ1) is 15.1. The van der Waals surface area contributed by atoms with Gasteiger partial charge in [-0.1, -0.05) is 18.2 Å². The summed E-state index contributed by atoms with van der Waals surface area (Å²) in [6, 6.07) is 15.9. The molecule has 1 aromatic heterocycles. The molecule has 2 heterocycles. The number of hydrogen-bond acceptors (Lipinski definition) is 9. The zero-order valence-corrected chi connectivity index (χ0v) is 17.0. The van der Waals surface area contributed by atoms with Crippen molar-refractivity contribution in [1.82, 2.24) is 15.0 Å². The molecule has 0 radical (unpaired) electrons. The largest absolute Gasteiger partial charge is 0.341 e. The van der Waals surface area contributed by atoms with Crippen LogP contribution in [0.2, 0.25) is 0 Å². The van der Waals surface area contributed by atoms with E-state index < -0.39 is 4.92 Å². The Hall–Kier alpha value is -4.08. The third-order valence-electron chi connectivity index (χ3n) is 4.86. The van der Waals surface area contributed by atoms with Crippen molar-refractivity contribution in [2.75, 3.05) is 28.7 Å². The Morgan fingerprint density at radius 2 is 1.68 bits per heavy atom. The summed E-state index contributed by atoms with van der Waals surface area (Å²) in [7, 11) is 0. The third kappa shape index (κ3) is 5.10. The van der Waals surface area contributed by atoms with Crippen LogP contribution in [0.5, 0.6) is 0 Å². The van der Waals surface area contributed by atoms with Crippen molar-refractivity contribution in [3.8, 4) is 0 Å². The van der Waals surface area contributed by atoms with Crippen molar-refractivity contribution in [3.05, 3.63) is 70.3 Å². The smallest absolute Gasteiger partial charge is 0.269 e. The molecule has 0 saturated carbocycles.